The summed E-state index contributed by atoms with van der Waals surface area (Å²) < 4.78 is 5.73. The lowest BCUT2D eigenvalue weighted by Crippen LogP contribution is -2.16. The van der Waals surface area contributed by atoms with Crippen LogP contribution in [0.15, 0.2) is 0 Å². The fourth-order valence-electron chi connectivity index (χ4n) is 3.40. The van der Waals surface area contributed by atoms with Crippen LogP contribution in [0.25, 0.3) is 0 Å². The van der Waals surface area contributed by atoms with E-state index >= 15 is 0 Å². The Morgan fingerprint density at radius 2 is 1.94 bits per heavy atom. The molecule has 2 rings (SSSR count). The van der Waals surface area contributed by atoms with Crippen LogP contribution in [0.5, 0.6) is 0 Å². The summed E-state index contributed by atoms with van der Waals surface area (Å²) in [5.41, 5.74) is 0. The number of fused-ring (bicyclic) bond motifs is 1. The molecule has 1 aliphatic carbocycles. The number of unbranched alkanes of at least 4 members (excludes halogenated alkanes) is 4. The van der Waals surface area contributed by atoms with Crippen LogP contribution in [0.4, 0.5) is 0 Å². The van der Waals surface area contributed by atoms with Crippen molar-refractivity contribution in [3.05, 3.63) is 0 Å². The largest absolute Gasteiger partial charge is 0.369 e. The van der Waals surface area contributed by atoms with E-state index in [0.29, 0.717) is 12.2 Å². The number of epoxide rings is 1. The van der Waals surface area contributed by atoms with Gasteiger partial charge in [-0.25, -0.2) is 0 Å². The predicted molar refractivity (Wildman–Crippen MR) is 77.5 cm³/mol. The molecule has 2 aliphatic rings. The Morgan fingerprint density at radius 1 is 1.06 bits per heavy atom. The third-order valence-corrected chi connectivity index (χ3v) is 6.49. The Hall–Kier alpha value is 0.177. The van der Waals surface area contributed by atoms with Crippen LogP contribution in [0.1, 0.15) is 64.7 Å². The van der Waals surface area contributed by atoms with E-state index in [1.165, 1.54) is 57.8 Å². The van der Waals surface area contributed by atoms with Crippen molar-refractivity contribution in [1.82, 2.24) is 0 Å². The molecule has 0 aromatic rings. The first kappa shape index (κ1) is 13.6. The first-order valence-corrected chi connectivity index (χ1v) is 10.1. The minimum atomic E-state index is 0.272. The summed E-state index contributed by atoms with van der Waals surface area (Å²) in [5.74, 6) is 0.960. The molecule has 1 heterocycles. The highest BCUT2D eigenvalue weighted by Crippen LogP contribution is 2.42. The lowest BCUT2D eigenvalue weighted by Gasteiger charge is -2.17. The second-order valence-electron chi connectivity index (χ2n) is 6.09. The van der Waals surface area contributed by atoms with Crippen LogP contribution in [-0.2, 0) is 4.74 Å². The third kappa shape index (κ3) is 4.74. The van der Waals surface area contributed by atoms with Crippen LogP contribution >= 0.6 is 0 Å². The molecule has 0 N–H and O–H groups in total. The van der Waals surface area contributed by atoms with E-state index in [4.69, 9.17) is 4.74 Å². The maximum absolute atomic E-state index is 5.73. The standard InChI is InChI=1S/C15H30OSi/c1-2-3-4-5-6-11-17-12-10-13-8-7-9-14-15(13)16-14/h13-15H,2-12,17H2,1H3. The van der Waals surface area contributed by atoms with Gasteiger partial charge in [0, 0.05) is 9.52 Å². The molecule has 0 aromatic heterocycles. The van der Waals surface area contributed by atoms with Gasteiger partial charge in [0.1, 0.15) is 0 Å². The highest BCUT2D eigenvalue weighted by Gasteiger charge is 2.46. The second kappa shape index (κ2) is 7.58. The van der Waals surface area contributed by atoms with Crippen LogP contribution in [-0.4, -0.2) is 21.7 Å². The second-order valence-corrected chi connectivity index (χ2v) is 8.22. The lowest BCUT2D eigenvalue weighted by atomic mass is 9.87. The van der Waals surface area contributed by atoms with Crippen molar-refractivity contribution in [2.45, 2.75) is 89.0 Å². The van der Waals surface area contributed by atoms with Gasteiger partial charge < -0.3 is 4.74 Å². The molecule has 1 saturated carbocycles. The number of rotatable bonds is 9. The minimum Gasteiger partial charge on any atom is -0.369 e. The molecule has 0 spiro atoms. The smallest absolute Gasteiger partial charge is 0.0869 e. The molecule has 2 heteroatoms. The van der Waals surface area contributed by atoms with E-state index in [0.717, 1.165) is 5.92 Å². The van der Waals surface area contributed by atoms with Crippen LogP contribution in [0.2, 0.25) is 12.1 Å². The van der Waals surface area contributed by atoms with E-state index in [-0.39, 0.29) is 9.52 Å². The highest BCUT2D eigenvalue weighted by molar-refractivity contribution is 6.35. The summed E-state index contributed by atoms with van der Waals surface area (Å²) in [5, 5.41) is 0. The van der Waals surface area contributed by atoms with Crippen molar-refractivity contribution in [3.8, 4) is 0 Å². The molecule has 3 atom stereocenters. The molecule has 2 fully saturated rings. The Balaban J connectivity index is 1.39. The zero-order valence-corrected chi connectivity index (χ0v) is 13.0. The molecule has 0 amide bonds. The number of hydrogen-bond acceptors (Lipinski definition) is 1. The predicted octanol–water partition coefficient (Wildman–Crippen LogP) is 3.92. The monoisotopic (exact) mass is 254 g/mol. The Morgan fingerprint density at radius 3 is 2.82 bits per heavy atom. The van der Waals surface area contributed by atoms with Gasteiger partial charge in [-0.15, -0.1) is 0 Å². The fourth-order valence-corrected chi connectivity index (χ4v) is 5.27. The van der Waals surface area contributed by atoms with Crippen LogP contribution in [0.3, 0.4) is 0 Å². The molecule has 100 valence electrons. The molecule has 1 saturated heterocycles. The Kier molecular flexibility index (Phi) is 6.06. The maximum atomic E-state index is 5.73. The van der Waals surface area contributed by atoms with Gasteiger partial charge in [-0.2, -0.15) is 0 Å². The van der Waals surface area contributed by atoms with Crippen LogP contribution < -0.4 is 0 Å². The van der Waals surface area contributed by atoms with Crippen molar-refractivity contribution in [2.75, 3.05) is 0 Å². The van der Waals surface area contributed by atoms with Gasteiger partial charge >= 0.3 is 0 Å². The summed E-state index contributed by atoms with van der Waals surface area (Å²) in [6, 6.07) is 3.19. The zero-order valence-electron chi connectivity index (χ0n) is 11.6. The maximum Gasteiger partial charge on any atom is 0.0869 e. The van der Waals surface area contributed by atoms with Gasteiger partial charge in [0.25, 0.3) is 0 Å². The van der Waals surface area contributed by atoms with Gasteiger partial charge in [-0.3, -0.25) is 0 Å². The van der Waals surface area contributed by atoms with E-state index in [1.807, 2.05) is 0 Å². The number of hydrogen-bond donors (Lipinski definition) is 0. The first-order chi connectivity index (χ1) is 8.42. The average molecular weight is 254 g/mol. The SMILES string of the molecule is CCCCCCC[SiH2]CCC1CCCC2OC12. The quantitative estimate of drug-likeness (QED) is 0.345. The summed E-state index contributed by atoms with van der Waals surface area (Å²) in [7, 11) is 0.272. The summed E-state index contributed by atoms with van der Waals surface area (Å²) in [6.45, 7) is 2.30. The van der Waals surface area contributed by atoms with Crippen molar-refractivity contribution < 1.29 is 4.74 Å². The molecule has 0 aromatic carbocycles. The Labute approximate surface area is 110 Å². The summed E-state index contributed by atoms with van der Waals surface area (Å²) >= 11 is 0. The normalized spacial score (nSPS) is 31.9. The van der Waals surface area contributed by atoms with Gasteiger partial charge in [-0.05, 0) is 18.8 Å². The first-order valence-electron chi connectivity index (χ1n) is 8.07. The van der Waals surface area contributed by atoms with E-state index in [9.17, 15) is 0 Å². The molecule has 0 bridgehead atoms. The van der Waals surface area contributed by atoms with Crippen molar-refractivity contribution in [2.24, 2.45) is 5.92 Å². The minimum absolute atomic E-state index is 0.272. The van der Waals surface area contributed by atoms with E-state index in [2.05, 4.69) is 6.92 Å². The molecular weight excluding hydrogens is 224 g/mol. The van der Waals surface area contributed by atoms with Gasteiger partial charge in [0.05, 0.1) is 12.2 Å². The number of ether oxygens (including phenoxy) is 1. The van der Waals surface area contributed by atoms with Crippen molar-refractivity contribution in [1.29, 1.82) is 0 Å². The fraction of sp³-hybridized carbons (Fsp3) is 1.00. The molecule has 3 unspecified atom stereocenters. The topological polar surface area (TPSA) is 12.5 Å². The van der Waals surface area contributed by atoms with E-state index in [1.54, 1.807) is 12.1 Å². The molecule has 1 nitrogen and oxygen atoms in total. The van der Waals surface area contributed by atoms with E-state index < -0.39 is 0 Å². The molecular formula is C15H30OSi. The van der Waals surface area contributed by atoms with Crippen molar-refractivity contribution in [3.63, 3.8) is 0 Å². The summed E-state index contributed by atoms with van der Waals surface area (Å²) in [6.07, 6.45) is 14.5. The molecule has 1 aliphatic heterocycles. The van der Waals surface area contributed by atoms with Crippen molar-refractivity contribution >= 4 is 9.52 Å². The van der Waals surface area contributed by atoms with Gasteiger partial charge in [0.2, 0.25) is 0 Å². The zero-order chi connectivity index (χ0) is 11.9. The molecule has 0 radical (unpaired) electrons. The van der Waals surface area contributed by atoms with Gasteiger partial charge in [0.15, 0.2) is 0 Å². The lowest BCUT2D eigenvalue weighted by molar-refractivity contribution is 0.315. The third-order valence-electron chi connectivity index (χ3n) is 4.58. The molecule has 17 heavy (non-hydrogen) atoms. The van der Waals surface area contributed by atoms with Crippen LogP contribution in [0, 0.1) is 5.92 Å². The summed E-state index contributed by atoms with van der Waals surface area (Å²) in [4.78, 5) is 0. The average Bonchev–Trinajstić information content (AvgIpc) is 3.12. The highest BCUT2D eigenvalue weighted by atomic mass is 28.2. The van der Waals surface area contributed by atoms with Gasteiger partial charge in [-0.1, -0.05) is 64.0 Å². The Bertz CT molecular complexity index is 207.